The summed E-state index contributed by atoms with van der Waals surface area (Å²) in [7, 11) is 0. The number of ether oxygens (including phenoxy) is 2. The number of rotatable bonds is 18. The zero-order valence-corrected chi connectivity index (χ0v) is 39.8. The summed E-state index contributed by atoms with van der Waals surface area (Å²) in [6, 6.07) is 15.6. The van der Waals surface area contributed by atoms with Crippen LogP contribution >= 0.6 is 11.3 Å². The fourth-order valence-electron chi connectivity index (χ4n) is 9.76. The number of nitrogens with one attached hydrogen (secondary N) is 2. The third-order valence-electron chi connectivity index (χ3n) is 13.6. The number of alkyl halides is 1. The summed E-state index contributed by atoms with van der Waals surface area (Å²) in [4.78, 5) is 49.3. The van der Waals surface area contributed by atoms with Crippen molar-refractivity contribution in [3.05, 3.63) is 111 Å². The number of aliphatic hydroxyl groups excluding tert-OH is 1. The highest BCUT2D eigenvalue weighted by molar-refractivity contribution is 7.13. The van der Waals surface area contributed by atoms with Crippen molar-refractivity contribution < 1.29 is 42.1 Å². The van der Waals surface area contributed by atoms with Crippen LogP contribution in [0.4, 0.5) is 13.2 Å². The van der Waals surface area contributed by atoms with E-state index in [0.717, 1.165) is 44.0 Å². The summed E-state index contributed by atoms with van der Waals surface area (Å²) in [5, 5.41) is 16.3. The molecule has 3 N–H and O–H groups in total. The van der Waals surface area contributed by atoms with Gasteiger partial charge in [-0.1, -0.05) is 69.3 Å². The average Bonchev–Trinajstić information content (AvgIpc) is 3.54. The molecule has 2 aliphatic carbocycles. The molecule has 5 atom stereocenters. The molecule has 0 spiro atoms. The lowest BCUT2D eigenvalue weighted by molar-refractivity contribution is -0.144. The first-order valence-corrected chi connectivity index (χ1v) is 24.4. The third-order valence-corrected chi connectivity index (χ3v) is 14.5. The minimum atomic E-state index is -1.33. The Balaban J connectivity index is 0.783. The van der Waals surface area contributed by atoms with Crippen molar-refractivity contribution in [1.82, 2.24) is 25.4 Å². The summed E-state index contributed by atoms with van der Waals surface area (Å²) in [6.45, 7) is 9.94. The number of benzene rings is 3. The molecule has 4 aromatic rings. The molecule has 2 aliphatic heterocycles. The molecule has 358 valence electrons. The Labute approximate surface area is 395 Å². The maximum Gasteiger partial charge on any atom is 0.246 e. The van der Waals surface area contributed by atoms with Gasteiger partial charge in [-0.2, -0.15) is 0 Å². The number of aromatic nitrogens is 1. The van der Waals surface area contributed by atoms with Crippen LogP contribution in [-0.2, 0) is 32.1 Å². The molecule has 3 amide bonds. The molecule has 4 aliphatic rings. The number of hydrogen-bond donors (Lipinski definition) is 3. The van der Waals surface area contributed by atoms with Crippen LogP contribution in [0.3, 0.4) is 0 Å². The molecule has 15 heteroatoms. The number of carbonyl (C=O) groups excluding carboxylic acids is 3. The van der Waals surface area contributed by atoms with E-state index >= 15 is 13.2 Å². The minimum absolute atomic E-state index is 0.0345. The van der Waals surface area contributed by atoms with Gasteiger partial charge in [0.25, 0.3) is 0 Å². The lowest BCUT2D eigenvalue weighted by atomic mass is 9.84. The maximum absolute atomic E-state index is 16.1. The Morgan fingerprint density at radius 2 is 1.73 bits per heavy atom. The van der Waals surface area contributed by atoms with Crippen molar-refractivity contribution in [2.24, 2.45) is 5.41 Å². The summed E-state index contributed by atoms with van der Waals surface area (Å²) in [6.07, 6.45) is 3.18. The van der Waals surface area contributed by atoms with Crippen LogP contribution in [-0.4, -0.2) is 100 Å². The summed E-state index contributed by atoms with van der Waals surface area (Å²) >= 11 is 1.56. The number of likely N-dealkylation sites (tertiary alicyclic amines) is 1. The number of thiazole rings is 1. The summed E-state index contributed by atoms with van der Waals surface area (Å²) < 4.78 is 59.0. The van der Waals surface area contributed by atoms with Crippen LogP contribution < -0.4 is 15.4 Å². The fourth-order valence-corrected chi connectivity index (χ4v) is 10.6. The molecule has 1 saturated heterocycles. The van der Waals surface area contributed by atoms with Gasteiger partial charge >= 0.3 is 0 Å². The standard InChI is InChI=1S/C52H62F3N5O6S/c1-31-21-39-38-12-8-7-11-35(38)22-40(39)46(60(31)29-52(55)17-18-52)45-41(53)24-37(25-42(45)54)66-20-10-6-9-19-65-28-44(62)58-48(51(3,4)5)50(64)59-27-36(61)23-43(59)49(63)56-26-33-13-15-34(16-14-33)47-32(2)57-30-67-47/h7-8,11-16,24-25,30-31,36,43,46,48,61H,6,9-10,17-23,26-29H2,1-5H3,(H,56,63)(H,58,62)/t31-,36-,43+,46+,48-/m1/s1. The molecular formula is C52H62F3N5O6S. The lowest BCUT2D eigenvalue weighted by Crippen LogP contribution is -2.58. The molecule has 1 saturated carbocycles. The zero-order chi connectivity index (χ0) is 47.6. The van der Waals surface area contributed by atoms with Crippen molar-refractivity contribution in [3.8, 4) is 16.2 Å². The van der Waals surface area contributed by atoms with Crippen LogP contribution in [0.2, 0.25) is 0 Å². The van der Waals surface area contributed by atoms with Gasteiger partial charge < -0.3 is 30.1 Å². The topological polar surface area (TPSA) is 133 Å². The molecule has 3 aromatic carbocycles. The lowest BCUT2D eigenvalue weighted by Gasteiger charge is -2.43. The number of aryl methyl sites for hydroxylation is 1. The largest absolute Gasteiger partial charge is 0.493 e. The van der Waals surface area contributed by atoms with E-state index in [2.05, 4.69) is 21.7 Å². The summed E-state index contributed by atoms with van der Waals surface area (Å²) in [5.41, 5.74) is 6.84. The van der Waals surface area contributed by atoms with Crippen LogP contribution in [0, 0.1) is 24.0 Å². The van der Waals surface area contributed by atoms with Gasteiger partial charge in [-0.25, -0.2) is 18.2 Å². The highest BCUT2D eigenvalue weighted by atomic mass is 32.1. The first-order valence-electron chi connectivity index (χ1n) is 23.5. The number of halogens is 3. The van der Waals surface area contributed by atoms with Crippen LogP contribution in [0.25, 0.3) is 16.0 Å². The molecule has 1 aromatic heterocycles. The molecule has 0 unspecified atom stereocenters. The third kappa shape index (κ3) is 11.1. The van der Waals surface area contributed by atoms with E-state index in [-0.39, 0.29) is 69.1 Å². The molecule has 11 nitrogen and oxygen atoms in total. The molecule has 2 fully saturated rings. The Kier molecular flexibility index (Phi) is 14.6. The van der Waals surface area contributed by atoms with Crippen LogP contribution in [0.1, 0.15) is 107 Å². The molecule has 8 rings (SSSR count). The van der Waals surface area contributed by atoms with Gasteiger partial charge in [0.1, 0.15) is 41.7 Å². The van der Waals surface area contributed by atoms with E-state index in [0.29, 0.717) is 44.9 Å². The molecule has 0 bridgehead atoms. The van der Waals surface area contributed by atoms with Crippen molar-refractivity contribution in [1.29, 1.82) is 0 Å². The average molecular weight is 942 g/mol. The second kappa shape index (κ2) is 20.2. The summed E-state index contributed by atoms with van der Waals surface area (Å²) in [5.74, 6) is -2.69. The molecular weight excluding hydrogens is 880 g/mol. The fraction of sp³-hybridized carbons (Fsp3) is 0.500. The maximum atomic E-state index is 16.1. The van der Waals surface area contributed by atoms with Gasteiger partial charge in [0.15, 0.2) is 0 Å². The van der Waals surface area contributed by atoms with Crippen molar-refractivity contribution in [3.63, 3.8) is 0 Å². The van der Waals surface area contributed by atoms with Gasteiger partial charge in [0, 0.05) is 56.4 Å². The highest BCUT2D eigenvalue weighted by Gasteiger charge is 2.50. The van der Waals surface area contributed by atoms with Gasteiger partial charge in [0.2, 0.25) is 17.7 Å². The van der Waals surface area contributed by atoms with Gasteiger partial charge in [-0.05, 0) is 97.6 Å². The Morgan fingerprint density at radius 3 is 2.42 bits per heavy atom. The van der Waals surface area contributed by atoms with Crippen molar-refractivity contribution in [2.75, 3.05) is 32.9 Å². The quantitative estimate of drug-likeness (QED) is 0.0848. The first kappa shape index (κ1) is 48.4. The predicted molar refractivity (Wildman–Crippen MR) is 252 cm³/mol. The van der Waals surface area contributed by atoms with E-state index < -0.39 is 58.8 Å². The number of amides is 3. The number of fused-ring (bicyclic) bond motifs is 2. The van der Waals surface area contributed by atoms with E-state index in [1.54, 1.807) is 16.8 Å². The van der Waals surface area contributed by atoms with Crippen LogP contribution in [0.5, 0.6) is 5.75 Å². The van der Waals surface area contributed by atoms with Gasteiger partial charge in [0.05, 0.1) is 34.8 Å². The SMILES string of the molecule is Cc1ncsc1-c1ccc(CNC(=O)[C@@H]2C[C@@H](O)CN2C(=O)[C@@H](NC(=O)COCCCCCOc2cc(F)c([C@@H]3C4=C(C[C@@H](C)N3CC3(F)CC3)c3ccccc3C4)c(F)c2)C(C)(C)C)cc1. The zero-order valence-electron chi connectivity index (χ0n) is 39.0. The monoisotopic (exact) mass is 941 g/mol. The Morgan fingerprint density at radius 1 is 1.01 bits per heavy atom. The van der Waals surface area contributed by atoms with E-state index in [1.807, 2.05) is 82.0 Å². The minimum Gasteiger partial charge on any atom is -0.493 e. The highest BCUT2D eigenvalue weighted by Crippen LogP contribution is 2.52. The number of nitrogens with zero attached hydrogens (tertiary/aromatic N) is 3. The molecule has 3 heterocycles. The van der Waals surface area contributed by atoms with E-state index in [4.69, 9.17) is 9.47 Å². The molecule has 0 radical (unpaired) electrons. The number of β-amino-alcohol motifs (C(OH)–C–C–N with tert-alkyl or cyclic N) is 1. The van der Waals surface area contributed by atoms with Crippen molar-refractivity contribution >= 4 is 34.6 Å². The second-order valence-corrected chi connectivity index (χ2v) is 20.7. The van der Waals surface area contributed by atoms with Crippen LogP contribution in [0.15, 0.2) is 71.7 Å². The number of unbranched alkanes of at least 4 members (excludes halogenated alkanes) is 2. The molecule has 67 heavy (non-hydrogen) atoms. The van der Waals surface area contributed by atoms with Gasteiger partial charge in [-0.3, -0.25) is 19.3 Å². The van der Waals surface area contributed by atoms with Crippen molar-refractivity contribution in [2.45, 2.75) is 128 Å². The second-order valence-electron chi connectivity index (χ2n) is 19.8. The number of hydrogen-bond acceptors (Lipinski definition) is 9. The van der Waals surface area contributed by atoms with E-state index in [9.17, 15) is 19.5 Å². The number of aliphatic hydroxyl groups is 1. The van der Waals surface area contributed by atoms with E-state index in [1.165, 1.54) is 17.0 Å². The predicted octanol–water partition coefficient (Wildman–Crippen LogP) is 8.42. The Hall–Kier alpha value is -5.09. The Bertz CT molecular complexity index is 2460. The first-order chi connectivity index (χ1) is 32.0. The van der Waals surface area contributed by atoms with Gasteiger partial charge in [-0.15, -0.1) is 11.3 Å². The smallest absolute Gasteiger partial charge is 0.246 e. The normalized spacial score (nSPS) is 21.5. The number of carbonyl (C=O) groups is 3.